The van der Waals surface area contributed by atoms with E-state index >= 15 is 0 Å². The molecule has 0 spiro atoms. The number of nitrogens with two attached hydrogens (primary N) is 1. The number of anilines is 2. The minimum Gasteiger partial charge on any atom is -0.395 e. The summed E-state index contributed by atoms with van der Waals surface area (Å²) < 4.78 is 0. The fourth-order valence-electron chi connectivity index (χ4n) is 1.97. The van der Waals surface area contributed by atoms with Crippen LogP contribution in [0.3, 0.4) is 0 Å². The second kappa shape index (κ2) is 6.70. The van der Waals surface area contributed by atoms with Gasteiger partial charge in [-0.15, -0.1) is 0 Å². The van der Waals surface area contributed by atoms with E-state index in [1.807, 2.05) is 13.0 Å². The molecular weight excluding hydrogens is 234 g/mol. The average Bonchev–Trinajstić information content (AvgIpc) is 2.26. The lowest BCUT2D eigenvalue weighted by atomic mass is 10.1. The van der Waals surface area contributed by atoms with Gasteiger partial charge in [0.25, 0.3) is 0 Å². The number of nitrogens with one attached hydrogen (secondary N) is 1. The van der Waals surface area contributed by atoms with Crippen molar-refractivity contribution in [2.45, 2.75) is 52.5 Å². The summed E-state index contributed by atoms with van der Waals surface area (Å²) in [6, 6.07) is 2.42. The molecule has 3 N–H and O–H groups in total. The van der Waals surface area contributed by atoms with Crippen molar-refractivity contribution in [1.29, 1.82) is 0 Å². The fourth-order valence-corrected chi connectivity index (χ4v) is 2.21. The molecule has 17 heavy (non-hydrogen) atoms. The maximum absolute atomic E-state index is 5.98. The van der Waals surface area contributed by atoms with Gasteiger partial charge in [-0.25, -0.2) is 4.98 Å². The molecule has 0 atom stereocenters. The Labute approximate surface area is 109 Å². The Kier molecular flexibility index (Phi) is 5.56. The number of hydrogen-bond acceptors (Lipinski definition) is 3. The molecule has 1 heterocycles. The van der Waals surface area contributed by atoms with Crippen LogP contribution in [0.2, 0.25) is 5.15 Å². The Bertz CT molecular complexity index is 360. The van der Waals surface area contributed by atoms with Crippen LogP contribution in [-0.2, 0) is 0 Å². The van der Waals surface area contributed by atoms with Gasteiger partial charge in [0.15, 0.2) is 5.15 Å². The normalized spacial score (nSPS) is 10.9. The monoisotopic (exact) mass is 255 g/mol. The third-order valence-electron chi connectivity index (χ3n) is 2.77. The lowest BCUT2D eigenvalue weighted by Crippen LogP contribution is -2.20. The van der Waals surface area contributed by atoms with Gasteiger partial charge < -0.3 is 11.1 Å². The van der Waals surface area contributed by atoms with Gasteiger partial charge in [0.2, 0.25) is 0 Å². The lowest BCUT2D eigenvalue weighted by molar-refractivity contribution is 0.586. The summed E-state index contributed by atoms with van der Waals surface area (Å²) in [6.45, 7) is 6.31. The van der Waals surface area contributed by atoms with E-state index in [0.29, 0.717) is 16.9 Å². The molecule has 1 aromatic rings. The van der Waals surface area contributed by atoms with Crippen LogP contribution in [0.25, 0.3) is 0 Å². The van der Waals surface area contributed by atoms with Crippen molar-refractivity contribution in [2.75, 3.05) is 11.1 Å². The van der Waals surface area contributed by atoms with Crippen molar-refractivity contribution in [1.82, 2.24) is 4.98 Å². The summed E-state index contributed by atoms with van der Waals surface area (Å²) in [4.78, 5) is 4.13. The highest BCUT2D eigenvalue weighted by atomic mass is 35.5. The van der Waals surface area contributed by atoms with Crippen molar-refractivity contribution in [3.8, 4) is 0 Å². The molecule has 1 aromatic heterocycles. The van der Waals surface area contributed by atoms with Gasteiger partial charge in [-0.3, -0.25) is 0 Å². The molecule has 0 bridgehead atoms. The van der Waals surface area contributed by atoms with Gasteiger partial charge in [-0.1, -0.05) is 38.3 Å². The van der Waals surface area contributed by atoms with Gasteiger partial charge >= 0.3 is 0 Å². The first-order chi connectivity index (χ1) is 8.08. The van der Waals surface area contributed by atoms with Gasteiger partial charge in [-0.2, -0.15) is 0 Å². The second-order valence-corrected chi connectivity index (χ2v) is 4.79. The molecule has 4 heteroatoms. The third kappa shape index (κ3) is 4.08. The summed E-state index contributed by atoms with van der Waals surface area (Å²) in [6.07, 6.45) is 4.61. The molecule has 0 aliphatic carbocycles. The molecule has 0 radical (unpaired) electrons. The molecule has 0 amide bonds. The van der Waals surface area contributed by atoms with Crippen LogP contribution >= 0.6 is 11.6 Å². The lowest BCUT2D eigenvalue weighted by Gasteiger charge is -2.20. The van der Waals surface area contributed by atoms with Gasteiger partial charge in [-0.05, 0) is 25.8 Å². The molecule has 0 saturated heterocycles. The number of aromatic nitrogens is 1. The Balaban J connectivity index is 2.84. The quantitative estimate of drug-likeness (QED) is 0.756. The van der Waals surface area contributed by atoms with Crippen LogP contribution in [-0.4, -0.2) is 11.0 Å². The summed E-state index contributed by atoms with van der Waals surface area (Å²) in [5, 5.41) is 3.87. The fraction of sp³-hybridized carbons (Fsp3) is 0.615. The zero-order chi connectivity index (χ0) is 12.8. The maximum atomic E-state index is 5.98. The maximum Gasteiger partial charge on any atom is 0.154 e. The predicted octanol–water partition coefficient (Wildman–Crippen LogP) is 4.01. The van der Waals surface area contributed by atoms with Crippen LogP contribution in [0.5, 0.6) is 0 Å². The van der Waals surface area contributed by atoms with Crippen molar-refractivity contribution in [3.05, 3.63) is 16.9 Å². The Hall–Kier alpha value is -0.960. The summed E-state index contributed by atoms with van der Waals surface area (Å²) in [5.41, 5.74) is 8.28. The van der Waals surface area contributed by atoms with Crippen molar-refractivity contribution < 1.29 is 0 Å². The highest BCUT2D eigenvalue weighted by Crippen LogP contribution is 2.27. The topological polar surface area (TPSA) is 50.9 Å². The van der Waals surface area contributed by atoms with E-state index in [-0.39, 0.29) is 0 Å². The van der Waals surface area contributed by atoms with Crippen LogP contribution in [0.4, 0.5) is 11.4 Å². The second-order valence-electron chi connectivity index (χ2n) is 4.43. The number of hydrogen-bond donors (Lipinski definition) is 2. The number of nitrogen functional groups attached to an aromatic ring is 1. The minimum atomic E-state index is 0.388. The Morgan fingerprint density at radius 1 is 1.35 bits per heavy atom. The molecule has 0 aliphatic rings. The SMILES string of the molecule is CCCC(CCC)Nc1cc(C)nc(Cl)c1N. The Morgan fingerprint density at radius 3 is 2.47 bits per heavy atom. The Morgan fingerprint density at radius 2 is 1.94 bits per heavy atom. The zero-order valence-corrected chi connectivity index (χ0v) is 11.6. The van der Waals surface area contributed by atoms with E-state index in [1.165, 1.54) is 0 Å². The molecule has 0 aliphatic heterocycles. The first-order valence-corrected chi connectivity index (χ1v) is 6.65. The number of pyridine rings is 1. The molecule has 0 fully saturated rings. The third-order valence-corrected chi connectivity index (χ3v) is 3.06. The molecule has 1 rings (SSSR count). The number of halogens is 1. The van der Waals surface area contributed by atoms with Gasteiger partial charge in [0.1, 0.15) is 0 Å². The molecule has 0 unspecified atom stereocenters. The highest BCUT2D eigenvalue weighted by Gasteiger charge is 2.11. The van der Waals surface area contributed by atoms with Crippen LogP contribution in [0.1, 0.15) is 45.2 Å². The molecule has 0 aromatic carbocycles. The largest absolute Gasteiger partial charge is 0.395 e. The smallest absolute Gasteiger partial charge is 0.154 e. The first kappa shape index (κ1) is 14.1. The van der Waals surface area contributed by atoms with Crippen molar-refractivity contribution in [3.63, 3.8) is 0 Å². The molecule has 96 valence electrons. The molecule has 0 saturated carbocycles. The van der Waals surface area contributed by atoms with E-state index in [4.69, 9.17) is 17.3 Å². The van der Waals surface area contributed by atoms with Crippen LogP contribution < -0.4 is 11.1 Å². The van der Waals surface area contributed by atoms with Gasteiger partial charge in [0.05, 0.1) is 11.4 Å². The minimum absolute atomic E-state index is 0.388. The summed E-state index contributed by atoms with van der Waals surface area (Å²) >= 11 is 5.98. The predicted molar refractivity (Wildman–Crippen MR) is 75.6 cm³/mol. The molecular formula is C13H22ClN3. The zero-order valence-electron chi connectivity index (χ0n) is 10.9. The number of aryl methyl sites for hydroxylation is 1. The standard InChI is InChI=1S/C13H22ClN3/c1-4-6-10(7-5-2)17-11-8-9(3)16-13(14)12(11)15/h8,10H,4-7,15H2,1-3H3,(H,16,17). The van der Waals surface area contributed by atoms with Crippen molar-refractivity contribution >= 4 is 23.0 Å². The van der Waals surface area contributed by atoms with E-state index < -0.39 is 0 Å². The van der Waals surface area contributed by atoms with E-state index in [0.717, 1.165) is 37.1 Å². The number of rotatable bonds is 6. The van der Waals surface area contributed by atoms with Crippen LogP contribution in [0, 0.1) is 6.92 Å². The number of nitrogens with zero attached hydrogens (tertiary/aromatic N) is 1. The van der Waals surface area contributed by atoms with E-state index in [2.05, 4.69) is 24.1 Å². The van der Waals surface area contributed by atoms with Crippen molar-refractivity contribution in [2.24, 2.45) is 0 Å². The summed E-state index contributed by atoms with van der Waals surface area (Å²) in [7, 11) is 0. The average molecular weight is 256 g/mol. The molecule has 3 nitrogen and oxygen atoms in total. The van der Waals surface area contributed by atoms with E-state index in [1.54, 1.807) is 0 Å². The first-order valence-electron chi connectivity index (χ1n) is 6.27. The highest BCUT2D eigenvalue weighted by molar-refractivity contribution is 6.32. The van der Waals surface area contributed by atoms with Gasteiger partial charge in [0, 0.05) is 11.7 Å². The van der Waals surface area contributed by atoms with E-state index in [9.17, 15) is 0 Å². The van der Waals surface area contributed by atoms with Crippen LogP contribution in [0.15, 0.2) is 6.07 Å². The summed E-state index contributed by atoms with van der Waals surface area (Å²) in [5.74, 6) is 0.